The van der Waals surface area contributed by atoms with Gasteiger partial charge in [0.2, 0.25) is 0 Å². The quantitative estimate of drug-likeness (QED) is 0.276. The molecular weight excluding hydrogens is 467 g/mol. The van der Waals surface area contributed by atoms with E-state index in [1.807, 2.05) is 42.5 Å². The van der Waals surface area contributed by atoms with Crippen LogP contribution in [0.15, 0.2) is 72.3 Å². The molecule has 3 aromatic carbocycles. The Morgan fingerprint density at radius 3 is 2.14 bits per heavy atom. The van der Waals surface area contributed by atoms with Crippen molar-refractivity contribution in [2.75, 3.05) is 22.9 Å². The number of Topliss-reactive ketones (excluding diaryl/α,β-unsaturated/α-hetero) is 1. The average molecular weight is 497 g/mol. The zero-order valence-corrected chi connectivity index (χ0v) is 20.6. The van der Waals surface area contributed by atoms with Crippen LogP contribution >= 0.6 is 0 Å². The molecule has 2 aliphatic heterocycles. The summed E-state index contributed by atoms with van der Waals surface area (Å²) in [5, 5.41) is 11.4. The number of anilines is 2. The van der Waals surface area contributed by atoms with E-state index in [4.69, 9.17) is 0 Å². The summed E-state index contributed by atoms with van der Waals surface area (Å²) in [7, 11) is 0. The van der Waals surface area contributed by atoms with E-state index in [1.165, 1.54) is 28.2 Å². The van der Waals surface area contributed by atoms with Gasteiger partial charge in [-0.05, 0) is 97.7 Å². The molecule has 0 aromatic heterocycles. The van der Waals surface area contributed by atoms with Crippen LogP contribution < -0.4 is 9.80 Å². The van der Waals surface area contributed by atoms with Crippen LogP contribution in [-0.4, -0.2) is 29.9 Å². The van der Waals surface area contributed by atoms with Gasteiger partial charge in [0, 0.05) is 30.0 Å². The van der Waals surface area contributed by atoms with Crippen LogP contribution in [0.3, 0.4) is 0 Å². The van der Waals surface area contributed by atoms with E-state index in [0.29, 0.717) is 16.8 Å². The van der Waals surface area contributed by atoms with Gasteiger partial charge in [0.15, 0.2) is 0 Å². The minimum absolute atomic E-state index is 0.0241. The van der Waals surface area contributed by atoms with Crippen LogP contribution in [0.2, 0.25) is 0 Å². The van der Waals surface area contributed by atoms with Crippen LogP contribution in [0.25, 0.3) is 5.76 Å². The van der Waals surface area contributed by atoms with Crippen molar-refractivity contribution in [3.05, 3.63) is 100 Å². The van der Waals surface area contributed by atoms with Crippen molar-refractivity contribution in [2.24, 2.45) is 0 Å². The number of aliphatic hydroxyl groups is 1. The number of aliphatic hydroxyl groups excluding tert-OH is 1. The molecule has 3 aliphatic rings. The summed E-state index contributed by atoms with van der Waals surface area (Å²) >= 11 is 0. The smallest absolute Gasteiger partial charge is 0.300 e. The van der Waals surface area contributed by atoms with E-state index in [9.17, 15) is 19.1 Å². The van der Waals surface area contributed by atoms with Crippen LogP contribution in [0.1, 0.15) is 54.0 Å². The van der Waals surface area contributed by atoms with Crippen molar-refractivity contribution in [1.82, 2.24) is 0 Å². The Morgan fingerprint density at radius 1 is 0.784 bits per heavy atom. The van der Waals surface area contributed by atoms with Crippen molar-refractivity contribution in [1.29, 1.82) is 0 Å². The van der Waals surface area contributed by atoms with Crippen molar-refractivity contribution in [3.63, 3.8) is 0 Å². The first-order valence-corrected chi connectivity index (χ1v) is 13.0. The monoisotopic (exact) mass is 496 g/mol. The number of hydrogen-bond donors (Lipinski definition) is 1. The molecule has 0 saturated carbocycles. The van der Waals surface area contributed by atoms with Crippen molar-refractivity contribution < 1.29 is 19.1 Å². The van der Waals surface area contributed by atoms with E-state index in [0.717, 1.165) is 57.3 Å². The maximum atomic E-state index is 13.8. The number of carbonyl (C=O) groups excluding carboxylic acids is 2. The topological polar surface area (TPSA) is 60.9 Å². The number of hydrogen-bond acceptors (Lipinski definition) is 4. The molecule has 1 aliphatic carbocycles. The first-order chi connectivity index (χ1) is 18.0. The average Bonchev–Trinajstić information content (AvgIpc) is 3.56. The van der Waals surface area contributed by atoms with E-state index < -0.39 is 23.5 Å². The Kier molecular flexibility index (Phi) is 6.03. The lowest BCUT2D eigenvalue weighted by Crippen LogP contribution is -2.29. The number of benzene rings is 3. The normalized spacial score (nSPS) is 20.9. The number of rotatable bonds is 4. The van der Waals surface area contributed by atoms with Gasteiger partial charge >= 0.3 is 0 Å². The summed E-state index contributed by atoms with van der Waals surface area (Å²) in [6, 6.07) is 18.3. The van der Waals surface area contributed by atoms with E-state index >= 15 is 0 Å². The lowest BCUT2D eigenvalue weighted by Gasteiger charge is -2.26. The number of carbonyl (C=O) groups is 2. The van der Waals surface area contributed by atoms with Gasteiger partial charge in [-0.1, -0.05) is 24.3 Å². The maximum absolute atomic E-state index is 13.8. The molecular formula is C31H29FN2O3. The Hall–Kier alpha value is -3.93. The SMILES string of the molecule is O=C1C(=O)N(c2ccc(N3CCCC3)cc2)C(c2ccc(F)cc2)/C1=C(/O)c1ccc2c(c1)CCCC2. The highest BCUT2D eigenvalue weighted by atomic mass is 19.1. The van der Waals surface area contributed by atoms with E-state index in [2.05, 4.69) is 4.90 Å². The first kappa shape index (κ1) is 23.5. The molecule has 0 bridgehead atoms. The summed E-state index contributed by atoms with van der Waals surface area (Å²) in [4.78, 5) is 30.6. The van der Waals surface area contributed by atoms with Crippen LogP contribution in [0, 0.1) is 5.82 Å². The molecule has 2 heterocycles. The zero-order chi connectivity index (χ0) is 25.5. The molecule has 1 amide bonds. The molecule has 2 fully saturated rings. The number of halogens is 1. The molecule has 3 aromatic rings. The summed E-state index contributed by atoms with van der Waals surface area (Å²) in [6.07, 6.45) is 6.47. The van der Waals surface area contributed by atoms with Crippen LogP contribution in [0.4, 0.5) is 15.8 Å². The second kappa shape index (κ2) is 9.51. The molecule has 37 heavy (non-hydrogen) atoms. The van der Waals surface area contributed by atoms with Gasteiger partial charge in [-0.15, -0.1) is 0 Å². The number of nitrogens with zero attached hydrogens (tertiary/aromatic N) is 2. The van der Waals surface area contributed by atoms with Crippen molar-refractivity contribution in [2.45, 2.75) is 44.6 Å². The predicted octanol–water partition coefficient (Wildman–Crippen LogP) is 5.93. The van der Waals surface area contributed by atoms with Crippen LogP contribution in [-0.2, 0) is 22.4 Å². The summed E-state index contributed by atoms with van der Waals surface area (Å²) in [5.74, 6) is -2.06. The molecule has 2 saturated heterocycles. The summed E-state index contributed by atoms with van der Waals surface area (Å²) < 4.78 is 13.8. The van der Waals surface area contributed by atoms with Gasteiger partial charge in [-0.25, -0.2) is 4.39 Å². The van der Waals surface area contributed by atoms with Crippen molar-refractivity contribution in [3.8, 4) is 0 Å². The second-order valence-electron chi connectivity index (χ2n) is 10.1. The number of ketones is 1. The van der Waals surface area contributed by atoms with Gasteiger partial charge in [-0.2, -0.15) is 0 Å². The first-order valence-electron chi connectivity index (χ1n) is 13.0. The molecule has 1 N–H and O–H groups in total. The fraction of sp³-hybridized carbons (Fsp3) is 0.290. The second-order valence-corrected chi connectivity index (χ2v) is 10.1. The third kappa shape index (κ3) is 4.20. The zero-order valence-electron chi connectivity index (χ0n) is 20.6. The predicted molar refractivity (Wildman–Crippen MR) is 142 cm³/mol. The van der Waals surface area contributed by atoms with Crippen LogP contribution in [0.5, 0.6) is 0 Å². The Labute approximate surface area is 215 Å². The van der Waals surface area contributed by atoms with Gasteiger partial charge < -0.3 is 10.0 Å². The summed E-state index contributed by atoms with van der Waals surface area (Å²) in [6.45, 7) is 2.00. The number of fused-ring (bicyclic) bond motifs is 1. The fourth-order valence-corrected chi connectivity index (χ4v) is 5.89. The summed E-state index contributed by atoms with van der Waals surface area (Å²) in [5.41, 5.74) is 5.17. The van der Waals surface area contributed by atoms with E-state index in [-0.39, 0.29) is 11.3 Å². The number of aryl methyl sites for hydroxylation is 2. The highest BCUT2D eigenvalue weighted by Gasteiger charge is 2.47. The highest BCUT2D eigenvalue weighted by Crippen LogP contribution is 2.43. The Morgan fingerprint density at radius 2 is 1.43 bits per heavy atom. The number of amides is 1. The molecule has 188 valence electrons. The van der Waals surface area contributed by atoms with Gasteiger partial charge in [-0.3, -0.25) is 14.5 Å². The third-order valence-electron chi connectivity index (χ3n) is 7.85. The molecule has 6 heteroatoms. The standard InChI is InChI=1S/C31H29FN2O3/c32-24-11-9-21(10-12-24)28-27(29(35)23-8-7-20-5-1-2-6-22(20)19-23)30(36)31(37)34(28)26-15-13-25(14-16-26)33-17-3-4-18-33/h7-16,19,28,35H,1-6,17-18H2/b29-27-. The highest BCUT2D eigenvalue weighted by molar-refractivity contribution is 6.51. The molecule has 1 unspecified atom stereocenters. The maximum Gasteiger partial charge on any atom is 0.300 e. The Balaban J connectivity index is 1.45. The molecule has 6 rings (SSSR count). The molecule has 5 nitrogen and oxygen atoms in total. The van der Waals surface area contributed by atoms with Gasteiger partial charge in [0.25, 0.3) is 11.7 Å². The minimum atomic E-state index is -0.866. The Bertz CT molecular complexity index is 1390. The van der Waals surface area contributed by atoms with Crippen molar-refractivity contribution >= 4 is 28.8 Å². The largest absolute Gasteiger partial charge is 0.507 e. The molecule has 0 spiro atoms. The molecule has 0 radical (unpaired) electrons. The fourth-order valence-electron chi connectivity index (χ4n) is 5.89. The van der Waals surface area contributed by atoms with Gasteiger partial charge in [0.05, 0.1) is 11.6 Å². The van der Waals surface area contributed by atoms with Gasteiger partial charge in [0.1, 0.15) is 11.6 Å². The lowest BCUT2D eigenvalue weighted by molar-refractivity contribution is -0.132. The molecule has 1 atom stereocenters. The minimum Gasteiger partial charge on any atom is -0.507 e. The van der Waals surface area contributed by atoms with E-state index in [1.54, 1.807) is 12.1 Å². The third-order valence-corrected chi connectivity index (χ3v) is 7.85. The lowest BCUT2D eigenvalue weighted by atomic mass is 9.88.